The van der Waals surface area contributed by atoms with Crippen LogP contribution in [0, 0.1) is 6.92 Å². The number of hydrogen-bond donors (Lipinski definition) is 0. The summed E-state index contributed by atoms with van der Waals surface area (Å²) >= 11 is 0. The molecule has 80 valence electrons. The van der Waals surface area contributed by atoms with Crippen LogP contribution in [-0.4, -0.2) is 24.8 Å². The highest BCUT2D eigenvalue weighted by atomic mass is 16.1. The highest BCUT2D eigenvalue weighted by Gasteiger charge is 2.07. The Balaban J connectivity index is 2.90. The zero-order chi connectivity index (χ0) is 11.4. The fraction of sp³-hybridized carbons (Fsp3) is 0.308. The van der Waals surface area contributed by atoms with Crippen molar-refractivity contribution < 1.29 is 4.79 Å². The van der Waals surface area contributed by atoms with Crippen LogP contribution in [-0.2, 0) is 0 Å². The first-order valence-corrected chi connectivity index (χ1v) is 4.97. The van der Waals surface area contributed by atoms with Crippen molar-refractivity contribution in [1.29, 1.82) is 0 Å². The Bertz CT molecular complexity index is 374. The second-order valence-electron chi connectivity index (χ2n) is 3.97. The van der Waals surface area contributed by atoms with Gasteiger partial charge in [-0.3, -0.25) is 4.79 Å². The highest BCUT2D eigenvalue weighted by molar-refractivity contribution is 6.08. The largest absolute Gasteiger partial charge is 0.383 e. The minimum atomic E-state index is 0.0868. The van der Waals surface area contributed by atoms with Crippen molar-refractivity contribution in [3.05, 3.63) is 47.2 Å². The Morgan fingerprint density at radius 2 is 1.73 bits per heavy atom. The van der Waals surface area contributed by atoms with Gasteiger partial charge in [0.1, 0.15) is 0 Å². The summed E-state index contributed by atoms with van der Waals surface area (Å²) in [7, 11) is 3.82. The molecule has 0 aliphatic carbocycles. The average molecular weight is 203 g/mol. The molecule has 0 unspecified atom stereocenters. The van der Waals surface area contributed by atoms with Gasteiger partial charge in [-0.1, -0.05) is 29.8 Å². The van der Waals surface area contributed by atoms with Crippen LogP contribution >= 0.6 is 0 Å². The summed E-state index contributed by atoms with van der Waals surface area (Å²) in [6.45, 7) is 3.85. The van der Waals surface area contributed by atoms with E-state index in [1.807, 2.05) is 63.3 Å². The van der Waals surface area contributed by atoms with E-state index in [2.05, 4.69) is 0 Å². The van der Waals surface area contributed by atoms with Crippen LogP contribution in [0.5, 0.6) is 0 Å². The summed E-state index contributed by atoms with van der Waals surface area (Å²) in [5, 5.41) is 0. The first-order valence-electron chi connectivity index (χ1n) is 4.97. The molecule has 1 aromatic rings. The Labute approximate surface area is 91.2 Å². The molecule has 0 radical (unpaired) electrons. The number of allylic oxidation sites excluding steroid dienone is 1. The van der Waals surface area contributed by atoms with Gasteiger partial charge in [-0.25, -0.2) is 0 Å². The van der Waals surface area contributed by atoms with Crippen LogP contribution < -0.4 is 0 Å². The zero-order valence-electron chi connectivity index (χ0n) is 9.74. The minimum Gasteiger partial charge on any atom is -0.383 e. The average Bonchev–Trinajstić information content (AvgIpc) is 2.17. The number of carbonyl (C=O) groups is 1. The van der Waals surface area contributed by atoms with Crippen molar-refractivity contribution in [3.63, 3.8) is 0 Å². The first kappa shape index (κ1) is 11.5. The number of rotatable bonds is 3. The van der Waals surface area contributed by atoms with E-state index in [-0.39, 0.29) is 5.78 Å². The Morgan fingerprint density at radius 1 is 1.20 bits per heavy atom. The fourth-order valence-corrected chi connectivity index (χ4v) is 1.38. The monoisotopic (exact) mass is 203 g/mol. The molecule has 0 aromatic heterocycles. The maximum atomic E-state index is 11.9. The van der Waals surface area contributed by atoms with Crippen molar-refractivity contribution in [2.75, 3.05) is 14.1 Å². The Morgan fingerprint density at radius 3 is 2.20 bits per heavy atom. The normalized spacial score (nSPS) is 11.3. The molecule has 0 bridgehead atoms. The topological polar surface area (TPSA) is 20.3 Å². The Hall–Kier alpha value is -1.57. The zero-order valence-corrected chi connectivity index (χ0v) is 9.74. The third-order valence-electron chi connectivity index (χ3n) is 2.12. The highest BCUT2D eigenvalue weighted by Crippen LogP contribution is 2.09. The third kappa shape index (κ3) is 3.24. The summed E-state index contributed by atoms with van der Waals surface area (Å²) in [5.41, 5.74) is 2.67. The van der Waals surface area contributed by atoms with Gasteiger partial charge in [-0.15, -0.1) is 0 Å². The summed E-state index contributed by atoms with van der Waals surface area (Å²) < 4.78 is 0. The summed E-state index contributed by atoms with van der Waals surface area (Å²) in [6, 6.07) is 7.64. The van der Waals surface area contributed by atoms with E-state index in [0.29, 0.717) is 0 Å². The van der Waals surface area contributed by atoms with E-state index in [4.69, 9.17) is 0 Å². The molecule has 0 amide bonds. The molecule has 2 nitrogen and oxygen atoms in total. The third-order valence-corrected chi connectivity index (χ3v) is 2.12. The smallest absolute Gasteiger partial charge is 0.190 e. The molecule has 0 fully saturated rings. The number of ketones is 1. The SMILES string of the molecule is C/C(=C/N(C)C)C(=O)c1ccc(C)cc1. The van der Waals surface area contributed by atoms with Gasteiger partial charge in [0.2, 0.25) is 0 Å². The van der Waals surface area contributed by atoms with Gasteiger partial charge in [0.05, 0.1) is 0 Å². The maximum absolute atomic E-state index is 11.9. The molecule has 0 heterocycles. The van der Waals surface area contributed by atoms with Gasteiger partial charge in [-0.2, -0.15) is 0 Å². The van der Waals surface area contributed by atoms with E-state index in [0.717, 1.165) is 11.1 Å². The molecule has 0 saturated heterocycles. The van der Waals surface area contributed by atoms with Crippen LogP contribution in [0.1, 0.15) is 22.8 Å². The molecular formula is C13H17NO. The van der Waals surface area contributed by atoms with Crippen molar-refractivity contribution in [2.45, 2.75) is 13.8 Å². The van der Waals surface area contributed by atoms with Gasteiger partial charge in [0.25, 0.3) is 0 Å². The predicted octanol–water partition coefficient (Wildman–Crippen LogP) is 2.64. The molecule has 0 saturated carbocycles. The summed E-state index contributed by atoms with van der Waals surface area (Å²) in [4.78, 5) is 13.8. The lowest BCUT2D eigenvalue weighted by molar-refractivity contribution is 0.103. The van der Waals surface area contributed by atoms with E-state index in [9.17, 15) is 4.79 Å². The molecule has 0 aliphatic heterocycles. The van der Waals surface area contributed by atoms with Gasteiger partial charge in [0, 0.05) is 31.4 Å². The molecular weight excluding hydrogens is 186 g/mol. The van der Waals surface area contributed by atoms with Crippen molar-refractivity contribution in [1.82, 2.24) is 4.90 Å². The van der Waals surface area contributed by atoms with Crippen LogP contribution in [0.2, 0.25) is 0 Å². The van der Waals surface area contributed by atoms with Crippen LogP contribution in [0.15, 0.2) is 36.0 Å². The molecule has 0 aliphatic rings. The van der Waals surface area contributed by atoms with E-state index in [1.54, 1.807) is 0 Å². The molecule has 15 heavy (non-hydrogen) atoms. The van der Waals surface area contributed by atoms with Crippen molar-refractivity contribution >= 4 is 5.78 Å². The maximum Gasteiger partial charge on any atom is 0.190 e. The van der Waals surface area contributed by atoms with Crippen LogP contribution in [0.3, 0.4) is 0 Å². The van der Waals surface area contributed by atoms with Crippen molar-refractivity contribution in [3.8, 4) is 0 Å². The van der Waals surface area contributed by atoms with Gasteiger partial charge in [-0.05, 0) is 13.8 Å². The standard InChI is InChI=1S/C13H17NO/c1-10-5-7-12(8-6-10)13(15)11(2)9-14(3)4/h5-9H,1-4H3/b11-9-. The van der Waals surface area contributed by atoms with Gasteiger partial charge >= 0.3 is 0 Å². The quantitative estimate of drug-likeness (QED) is 0.556. The van der Waals surface area contributed by atoms with E-state index in [1.165, 1.54) is 5.56 Å². The molecule has 0 atom stereocenters. The molecule has 1 aromatic carbocycles. The lowest BCUT2D eigenvalue weighted by atomic mass is 10.0. The van der Waals surface area contributed by atoms with Crippen LogP contribution in [0.4, 0.5) is 0 Å². The molecule has 0 N–H and O–H groups in total. The Kier molecular flexibility index (Phi) is 3.67. The summed E-state index contributed by atoms with van der Waals surface area (Å²) in [5.74, 6) is 0.0868. The number of nitrogens with zero attached hydrogens (tertiary/aromatic N) is 1. The van der Waals surface area contributed by atoms with Crippen molar-refractivity contribution in [2.24, 2.45) is 0 Å². The second-order valence-corrected chi connectivity index (χ2v) is 3.97. The lowest BCUT2D eigenvalue weighted by Crippen LogP contribution is -2.07. The van der Waals surface area contributed by atoms with Crippen LogP contribution in [0.25, 0.3) is 0 Å². The number of carbonyl (C=O) groups excluding carboxylic acids is 1. The van der Waals surface area contributed by atoms with Gasteiger partial charge in [0.15, 0.2) is 5.78 Å². The molecule has 1 rings (SSSR count). The minimum absolute atomic E-state index is 0.0868. The first-order chi connectivity index (χ1) is 7.00. The second kappa shape index (κ2) is 4.78. The van der Waals surface area contributed by atoms with Gasteiger partial charge < -0.3 is 4.90 Å². The fourth-order valence-electron chi connectivity index (χ4n) is 1.38. The lowest BCUT2D eigenvalue weighted by Gasteiger charge is -2.07. The van der Waals surface area contributed by atoms with E-state index >= 15 is 0 Å². The molecule has 2 heteroatoms. The number of hydrogen-bond acceptors (Lipinski definition) is 2. The predicted molar refractivity (Wildman–Crippen MR) is 63.0 cm³/mol. The van der Waals surface area contributed by atoms with E-state index < -0.39 is 0 Å². The summed E-state index contributed by atoms with van der Waals surface area (Å²) in [6.07, 6.45) is 1.84. The number of aryl methyl sites for hydroxylation is 1. The number of benzene rings is 1. The molecule has 0 spiro atoms. The number of Topliss-reactive ketones (excluding diaryl/α,β-unsaturated/α-hetero) is 1.